The van der Waals surface area contributed by atoms with Crippen molar-refractivity contribution in [2.75, 3.05) is 7.11 Å². The standard InChI is InChI=1S/C15H18O4/c1-9-7-11(15(14(17)18)5-4-6-15)8-12(10(9)2)13(16)19-3/h7-8H,4-6H2,1-3H3,(H,17,18). The molecule has 0 heterocycles. The van der Waals surface area contributed by atoms with E-state index in [1.54, 1.807) is 6.07 Å². The first kappa shape index (κ1) is 13.6. The fraction of sp³-hybridized carbons (Fsp3) is 0.467. The lowest BCUT2D eigenvalue weighted by atomic mass is 9.64. The summed E-state index contributed by atoms with van der Waals surface area (Å²) in [7, 11) is 1.33. The molecule has 0 radical (unpaired) electrons. The number of carbonyl (C=O) groups excluding carboxylic acids is 1. The summed E-state index contributed by atoms with van der Waals surface area (Å²) in [5.41, 5.74) is 2.13. The summed E-state index contributed by atoms with van der Waals surface area (Å²) in [6, 6.07) is 3.57. The number of carboxylic acid groups (broad SMARTS) is 1. The van der Waals surface area contributed by atoms with Crippen LogP contribution in [0.25, 0.3) is 0 Å². The van der Waals surface area contributed by atoms with E-state index in [1.807, 2.05) is 19.9 Å². The van der Waals surface area contributed by atoms with Crippen LogP contribution in [0.3, 0.4) is 0 Å². The number of rotatable bonds is 3. The fourth-order valence-electron chi connectivity index (χ4n) is 2.61. The van der Waals surface area contributed by atoms with Crippen LogP contribution in [0.5, 0.6) is 0 Å². The number of aliphatic carboxylic acids is 1. The minimum absolute atomic E-state index is 0.415. The molecule has 0 bridgehead atoms. The molecular formula is C15H18O4. The minimum atomic E-state index is -0.818. The topological polar surface area (TPSA) is 63.6 Å². The van der Waals surface area contributed by atoms with Gasteiger partial charge in [0.2, 0.25) is 0 Å². The molecule has 1 aliphatic rings. The summed E-state index contributed by atoms with van der Waals surface area (Å²) in [6.07, 6.45) is 2.17. The maximum absolute atomic E-state index is 11.8. The number of hydrogen-bond donors (Lipinski definition) is 1. The molecule has 1 aromatic rings. The van der Waals surface area contributed by atoms with E-state index in [2.05, 4.69) is 0 Å². The summed E-state index contributed by atoms with van der Waals surface area (Å²) < 4.78 is 4.77. The molecule has 0 aromatic heterocycles. The van der Waals surface area contributed by atoms with Crippen LogP contribution in [0.15, 0.2) is 12.1 Å². The van der Waals surface area contributed by atoms with Gasteiger partial charge < -0.3 is 9.84 Å². The number of hydrogen-bond acceptors (Lipinski definition) is 3. The maximum atomic E-state index is 11.8. The zero-order valence-corrected chi connectivity index (χ0v) is 11.4. The van der Waals surface area contributed by atoms with E-state index in [0.29, 0.717) is 18.4 Å². The number of benzene rings is 1. The van der Waals surface area contributed by atoms with E-state index in [-0.39, 0.29) is 0 Å². The Balaban J connectivity index is 2.57. The Hall–Kier alpha value is -1.84. The molecular weight excluding hydrogens is 244 g/mol. The van der Waals surface area contributed by atoms with Crippen molar-refractivity contribution in [1.82, 2.24) is 0 Å². The first-order valence-electron chi connectivity index (χ1n) is 6.36. The normalized spacial score (nSPS) is 16.6. The van der Waals surface area contributed by atoms with Crippen LogP contribution in [0, 0.1) is 13.8 Å². The fourth-order valence-corrected chi connectivity index (χ4v) is 2.61. The molecule has 1 aliphatic carbocycles. The Morgan fingerprint density at radius 1 is 1.26 bits per heavy atom. The first-order valence-corrected chi connectivity index (χ1v) is 6.36. The number of esters is 1. The molecule has 0 aliphatic heterocycles. The van der Waals surface area contributed by atoms with Crippen LogP contribution in [0.1, 0.15) is 46.3 Å². The van der Waals surface area contributed by atoms with Gasteiger partial charge in [0.05, 0.1) is 18.1 Å². The van der Waals surface area contributed by atoms with Gasteiger partial charge in [-0.15, -0.1) is 0 Å². The molecule has 102 valence electrons. The van der Waals surface area contributed by atoms with Crippen LogP contribution in [0.4, 0.5) is 0 Å². The predicted octanol–water partition coefficient (Wildman–Crippen LogP) is 2.60. The predicted molar refractivity (Wildman–Crippen MR) is 70.4 cm³/mol. The van der Waals surface area contributed by atoms with Gasteiger partial charge in [-0.05, 0) is 49.4 Å². The highest BCUT2D eigenvalue weighted by Crippen LogP contribution is 2.44. The third-order valence-electron chi connectivity index (χ3n) is 4.24. The maximum Gasteiger partial charge on any atom is 0.338 e. The SMILES string of the molecule is COC(=O)c1cc(C2(C(=O)O)CCC2)cc(C)c1C. The van der Waals surface area contributed by atoms with Gasteiger partial charge in [0, 0.05) is 0 Å². The lowest BCUT2D eigenvalue weighted by molar-refractivity contribution is -0.147. The molecule has 0 spiro atoms. The molecule has 4 nitrogen and oxygen atoms in total. The van der Waals surface area contributed by atoms with Crippen LogP contribution in [0.2, 0.25) is 0 Å². The van der Waals surface area contributed by atoms with Crippen molar-refractivity contribution in [2.24, 2.45) is 0 Å². The molecule has 1 aromatic carbocycles. The van der Waals surface area contributed by atoms with E-state index < -0.39 is 17.4 Å². The summed E-state index contributed by atoms with van der Waals surface area (Å²) >= 11 is 0. The van der Waals surface area contributed by atoms with Gasteiger partial charge in [-0.25, -0.2) is 4.79 Å². The molecule has 2 rings (SSSR count). The lowest BCUT2D eigenvalue weighted by Gasteiger charge is -2.38. The second-order valence-electron chi connectivity index (χ2n) is 5.20. The molecule has 4 heteroatoms. The van der Waals surface area contributed by atoms with Gasteiger partial charge in [0.15, 0.2) is 0 Å². The van der Waals surface area contributed by atoms with Gasteiger partial charge in [-0.2, -0.15) is 0 Å². The highest BCUT2D eigenvalue weighted by molar-refractivity contribution is 5.92. The van der Waals surface area contributed by atoms with Crippen LogP contribution in [-0.2, 0) is 14.9 Å². The number of ether oxygens (including phenoxy) is 1. The van der Waals surface area contributed by atoms with Crippen molar-refractivity contribution in [3.63, 3.8) is 0 Å². The summed E-state index contributed by atoms with van der Waals surface area (Å²) in [5, 5.41) is 9.47. The molecule has 19 heavy (non-hydrogen) atoms. The zero-order valence-electron chi connectivity index (χ0n) is 11.4. The molecule has 0 atom stereocenters. The summed E-state index contributed by atoms with van der Waals surface area (Å²) in [5.74, 6) is -1.22. The van der Waals surface area contributed by atoms with E-state index in [9.17, 15) is 14.7 Å². The first-order chi connectivity index (χ1) is 8.92. The van der Waals surface area contributed by atoms with E-state index >= 15 is 0 Å². The van der Waals surface area contributed by atoms with Gasteiger partial charge in [0.25, 0.3) is 0 Å². The Bertz CT molecular complexity index is 541. The second-order valence-corrected chi connectivity index (χ2v) is 5.20. The Morgan fingerprint density at radius 3 is 2.32 bits per heavy atom. The highest BCUT2D eigenvalue weighted by Gasteiger charge is 2.46. The number of aryl methyl sites for hydroxylation is 1. The average Bonchev–Trinajstić information content (AvgIpc) is 2.30. The van der Waals surface area contributed by atoms with Crippen molar-refractivity contribution < 1.29 is 19.4 Å². The van der Waals surface area contributed by atoms with Gasteiger partial charge in [-0.3, -0.25) is 4.79 Å². The van der Waals surface area contributed by atoms with Crippen molar-refractivity contribution >= 4 is 11.9 Å². The molecule has 1 fully saturated rings. The van der Waals surface area contributed by atoms with Crippen LogP contribution in [-0.4, -0.2) is 24.2 Å². The number of methoxy groups -OCH3 is 1. The van der Waals surface area contributed by atoms with E-state index in [0.717, 1.165) is 23.1 Å². The van der Waals surface area contributed by atoms with Crippen molar-refractivity contribution in [3.8, 4) is 0 Å². The zero-order chi connectivity index (χ0) is 14.2. The van der Waals surface area contributed by atoms with Gasteiger partial charge in [0.1, 0.15) is 0 Å². The van der Waals surface area contributed by atoms with Gasteiger partial charge in [-0.1, -0.05) is 12.5 Å². The molecule has 0 saturated heterocycles. The van der Waals surface area contributed by atoms with Gasteiger partial charge >= 0.3 is 11.9 Å². The summed E-state index contributed by atoms with van der Waals surface area (Å²) in [6.45, 7) is 3.74. The quantitative estimate of drug-likeness (QED) is 0.850. The van der Waals surface area contributed by atoms with E-state index in [1.165, 1.54) is 7.11 Å². The third-order valence-corrected chi connectivity index (χ3v) is 4.24. The highest BCUT2D eigenvalue weighted by atomic mass is 16.5. The van der Waals surface area contributed by atoms with Crippen molar-refractivity contribution in [3.05, 3.63) is 34.4 Å². The van der Waals surface area contributed by atoms with Crippen LogP contribution < -0.4 is 0 Å². The summed E-state index contributed by atoms with van der Waals surface area (Å²) in [4.78, 5) is 23.3. The third kappa shape index (κ3) is 2.01. The molecule has 1 saturated carbocycles. The number of carboxylic acids is 1. The smallest absolute Gasteiger partial charge is 0.338 e. The Kier molecular flexibility index (Phi) is 3.35. The van der Waals surface area contributed by atoms with Crippen molar-refractivity contribution in [2.45, 2.75) is 38.5 Å². The average molecular weight is 262 g/mol. The second kappa shape index (κ2) is 4.68. The molecule has 1 N–H and O–H groups in total. The molecule has 0 unspecified atom stereocenters. The number of carbonyl (C=O) groups is 2. The minimum Gasteiger partial charge on any atom is -0.481 e. The largest absolute Gasteiger partial charge is 0.481 e. The lowest BCUT2D eigenvalue weighted by Crippen LogP contribution is -2.42. The van der Waals surface area contributed by atoms with Crippen LogP contribution >= 0.6 is 0 Å². The van der Waals surface area contributed by atoms with E-state index in [4.69, 9.17) is 4.74 Å². The van der Waals surface area contributed by atoms with Crippen molar-refractivity contribution in [1.29, 1.82) is 0 Å². The monoisotopic (exact) mass is 262 g/mol. The molecule has 0 amide bonds. The Morgan fingerprint density at radius 2 is 1.89 bits per heavy atom. The Labute approximate surface area is 112 Å².